The first-order chi connectivity index (χ1) is 16.7. The van der Waals surface area contributed by atoms with Gasteiger partial charge >= 0.3 is 5.97 Å². The Hall–Kier alpha value is -3.54. The molecule has 0 fully saturated rings. The molecule has 9 nitrogen and oxygen atoms in total. The number of thiophene rings is 2. The highest BCUT2D eigenvalue weighted by Gasteiger charge is 2.24. The van der Waals surface area contributed by atoms with E-state index in [2.05, 4.69) is 10.3 Å². The predicted molar refractivity (Wildman–Crippen MR) is 136 cm³/mol. The first kappa shape index (κ1) is 24.6. The third-order valence-corrected chi connectivity index (χ3v) is 7.50. The summed E-state index contributed by atoms with van der Waals surface area (Å²) in [5, 5.41) is 5.54. The standard InChI is InChI=1S/C23H19ClN4O5S2/c1-3-33-23(32)17-14(12-4-6-13(24)7-5-12)9-34-21(17)27-15(29)8-28-10-26-20-16(22(28)31)11(2)18(35-20)19(25)30/h4-7,9-10H,3,8H2,1-2H3,(H2,25,30)(H,27,29). The predicted octanol–water partition coefficient (Wildman–Crippen LogP) is 4.06. The first-order valence-corrected chi connectivity index (χ1v) is 12.4. The Balaban J connectivity index is 1.64. The van der Waals surface area contributed by atoms with Gasteiger partial charge in [0, 0.05) is 16.0 Å². The van der Waals surface area contributed by atoms with Crippen LogP contribution in [0.4, 0.5) is 5.00 Å². The van der Waals surface area contributed by atoms with E-state index < -0.39 is 23.3 Å². The smallest absolute Gasteiger partial charge is 0.341 e. The molecule has 12 heteroatoms. The van der Waals surface area contributed by atoms with Crippen LogP contribution >= 0.6 is 34.3 Å². The maximum Gasteiger partial charge on any atom is 0.341 e. The molecule has 2 amide bonds. The first-order valence-electron chi connectivity index (χ1n) is 10.3. The highest BCUT2D eigenvalue weighted by Crippen LogP contribution is 2.36. The lowest BCUT2D eigenvalue weighted by atomic mass is 10.0. The number of aryl methyl sites for hydroxylation is 1. The van der Waals surface area contributed by atoms with Crippen molar-refractivity contribution in [3.63, 3.8) is 0 Å². The number of benzene rings is 1. The summed E-state index contributed by atoms with van der Waals surface area (Å²) in [5.41, 5.74) is 6.88. The summed E-state index contributed by atoms with van der Waals surface area (Å²) in [4.78, 5) is 55.0. The Morgan fingerprint density at radius 1 is 1.23 bits per heavy atom. The number of anilines is 1. The van der Waals surface area contributed by atoms with E-state index in [9.17, 15) is 19.2 Å². The van der Waals surface area contributed by atoms with Crippen molar-refractivity contribution in [2.24, 2.45) is 5.73 Å². The summed E-state index contributed by atoms with van der Waals surface area (Å²) in [7, 11) is 0. The summed E-state index contributed by atoms with van der Waals surface area (Å²) in [6.45, 7) is 3.12. The van der Waals surface area contributed by atoms with Crippen molar-refractivity contribution in [3.05, 3.63) is 67.4 Å². The van der Waals surface area contributed by atoms with E-state index in [-0.39, 0.29) is 29.0 Å². The highest BCUT2D eigenvalue weighted by atomic mass is 35.5. The molecule has 0 radical (unpaired) electrons. The lowest BCUT2D eigenvalue weighted by molar-refractivity contribution is -0.116. The molecule has 0 atom stereocenters. The number of hydrogen-bond donors (Lipinski definition) is 2. The number of ether oxygens (including phenoxy) is 1. The third kappa shape index (κ3) is 4.83. The zero-order valence-electron chi connectivity index (χ0n) is 18.6. The van der Waals surface area contributed by atoms with E-state index in [4.69, 9.17) is 22.1 Å². The summed E-state index contributed by atoms with van der Waals surface area (Å²) >= 11 is 8.17. The van der Waals surface area contributed by atoms with Gasteiger partial charge in [-0.05, 0) is 37.1 Å². The number of aromatic nitrogens is 2. The zero-order valence-corrected chi connectivity index (χ0v) is 21.0. The fourth-order valence-corrected chi connectivity index (χ4v) is 5.62. The van der Waals surface area contributed by atoms with Gasteiger partial charge in [0.25, 0.3) is 11.5 Å². The van der Waals surface area contributed by atoms with Crippen molar-refractivity contribution < 1.29 is 19.1 Å². The molecule has 4 rings (SSSR count). The van der Waals surface area contributed by atoms with E-state index in [1.165, 1.54) is 17.7 Å². The molecule has 0 spiro atoms. The van der Waals surface area contributed by atoms with Gasteiger partial charge in [0.05, 0.1) is 23.2 Å². The molecule has 3 aromatic heterocycles. The van der Waals surface area contributed by atoms with Crippen LogP contribution in [-0.4, -0.2) is 33.9 Å². The van der Waals surface area contributed by atoms with Crippen LogP contribution in [0.15, 0.2) is 40.8 Å². The van der Waals surface area contributed by atoms with Crippen LogP contribution in [0.25, 0.3) is 21.3 Å². The van der Waals surface area contributed by atoms with E-state index in [0.29, 0.717) is 26.0 Å². The number of nitrogens with one attached hydrogen (secondary N) is 1. The summed E-state index contributed by atoms with van der Waals surface area (Å²) in [5.74, 6) is -1.76. The molecule has 0 unspecified atom stereocenters. The van der Waals surface area contributed by atoms with Crippen LogP contribution < -0.4 is 16.6 Å². The van der Waals surface area contributed by atoms with Gasteiger partial charge in [-0.3, -0.25) is 19.0 Å². The van der Waals surface area contributed by atoms with Crippen LogP contribution in [0.1, 0.15) is 32.5 Å². The van der Waals surface area contributed by atoms with Crippen molar-refractivity contribution in [2.75, 3.05) is 11.9 Å². The maximum absolute atomic E-state index is 13.0. The van der Waals surface area contributed by atoms with Gasteiger partial charge in [-0.25, -0.2) is 9.78 Å². The fourth-order valence-electron chi connectivity index (χ4n) is 3.53. The van der Waals surface area contributed by atoms with Crippen LogP contribution in [0, 0.1) is 6.92 Å². The molecule has 180 valence electrons. The van der Waals surface area contributed by atoms with Gasteiger partial charge in [0.1, 0.15) is 21.9 Å². The van der Waals surface area contributed by atoms with E-state index in [0.717, 1.165) is 21.5 Å². The molecule has 0 saturated carbocycles. The number of esters is 1. The largest absolute Gasteiger partial charge is 0.462 e. The normalized spacial score (nSPS) is 10.9. The molecule has 0 aliphatic rings. The number of hydrogen-bond acceptors (Lipinski definition) is 8. The Morgan fingerprint density at radius 3 is 2.60 bits per heavy atom. The number of halogens is 1. The number of nitrogens with two attached hydrogens (primary N) is 1. The van der Waals surface area contributed by atoms with Crippen molar-refractivity contribution in [1.29, 1.82) is 0 Å². The third-order valence-electron chi connectivity index (χ3n) is 5.13. The van der Waals surface area contributed by atoms with Crippen LogP contribution in [0.5, 0.6) is 0 Å². The molecule has 0 aliphatic carbocycles. The monoisotopic (exact) mass is 530 g/mol. The van der Waals surface area contributed by atoms with Crippen LogP contribution in [0.2, 0.25) is 5.02 Å². The number of fused-ring (bicyclic) bond motifs is 1. The number of amides is 2. The second kappa shape index (κ2) is 9.98. The molecule has 0 saturated heterocycles. The number of nitrogens with zero attached hydrogens (tertiary/aromatic N) is 2. The SMILES string of the molecule is CCOC(=O)c1c(-c2ccc(Cl)cc2)csc1NC(=O)Cn1cnc2sc(C(N)=O)c(C)c2c1=O. The number of carbonyl (C=O) groups is 3. The van der Waals surface area contributed by atoms with Gasteiger partial charge in [0.2, 0.25) is 5.91 Å². The van der Waals surface area contributed by atoms with Crippen molar-refractivity contribution in [3.8, 4) is 11.1 Å². The topological polar surface area (TPSA) is 133 Å². The molecular formula is C23H19ClN4O5S2. The summed E-state index contributed by atoms with van der Waals surface area (Å²) < 4.78 is 6.34. The number of rotatable bonds is 7. The lowest BCUT2D eigenvalue weighted by Crippen LogP contribution is -2.28. The van der Waals surface area contributed by atoms with Gasteiger partial charge in [-0.2, -0.15) is 0 Å². The van der Waals surface area contributed by atoms with Gasteiger partial charge in [-0.1, -0.05) is 23.7 Å². The minimum absolute atomic E-state index is 0.163. The van der Waals surface area contributed by atoms with Gasteiger partial charge < -0.3 is 15.8 Å². The van der Waals surface area contributed by atoms with Crippen LogP contribution in [0.3, 0.4) is 0 Å². The molecule has 3 N–H and O–H groups in total. The summed E-state index contributed by atoms with van der Waals surface area (Å²) in [6, 6.07) is 6.94. The van der Waals surface area contributed by atoms with E-state index in [1.807, 2.05) is 0 Å². The highest BCUT2D eigenvalue weighted by molar-refractivity contribution is 7.20. The Morgan fingerprint density at radius 2 is 1.94 bits per heavy atom. The Bertz CT molecular complexity index is 1520. The zero-order chi connectivity index (χ0) is 25.3. The second-order valence-corrected chi connectivity index (χ2v) is 9.72. The van der Waals surface area contributed by atoms with Crippen molar-refractivity contribution in [2.45, 2.75) is 20.4 Å². The van der Waals surface area contributed by atoms with E-state index in [1.54, 1.807) is 43.5 Å². The minimum Gasteiger partial charge on any atom is -0.462 e. The average molecular weight is 531 g/mol. The quantitative estimate of drug-likeness (QED) is 0.346. The molecule has 4 aromatic rings. The van der Waals surface area contributed by atoms with Crippen molar-refractivity contribution >= 4 is 67.3 Å². The fraction of sp³-hybridized carbons (Fsp3) is 0.174. The second-order valence-electron chi connectivity index (χ2n) is 7.41. The molecule has 3 heterocycles. The molecule has 1 aromatic carbocycles. The Labute approximate surface area is 212 Å². The van der Waals surface area contributed by atoms with Gasteiger partial charge in [-0.15, -0.1) is 22.7 Å². The van der Waals surface area contributed by atoms with Crippen LogP contribution in [-0.2, 0) is 16.1 Å². The van der Waals surface area contributed by atoms with Crippen molar-refractivity contribution in [1.82, 2.24) is 9.55 Å². The lowest BCUT2D eigenvalue weighted by Gasteiger charge is -2.10. The van der Waals surface area contributed by atoms with Gasteiger partial charge in [0.15, 0.2) is 0 Å². The molecular weight excluding hydrogens is 512 g/mol. The molecule has 35 heavy (non-hydrogen) atoms. The molecule has 0 aliphatic heterocycles. The number of carbonyl (C=O) groups excluding carboxylic acids is 3. The maximum atomic E-state index is 13.0. The Kier molecular flexibility index (Phi) is 7.01. The minimum atomic E-state index is -0.644. The number of primary amides is 1. The molecule has 0 bridgehead atoms. The summed E-state index contributed by atoms with van der Waals surface area (Å²) in [6.07, 6.45) is 1.24. The van der Waals surface area contributed by atoms with E-state index >= 15 is 0 Å². The average Bonchev–Trinajstić information content (AvgIpc) is 3.38.